The summed E-state index contributed by atoms with van der Waals surface area (Å²) in [6, 6.07) is 1.32. The Hall–Kier alpha value is -2.49. The highest BCUT2D eigenvalue weighted by atomic mass is 19.1. The molecule has 9 nitrogen and oxygen atoms in total. The quantitative estimate of drug-likeness (QED) is 0.709. The number of hydrogen-bond acceptors (Lipinski definition) is 8. The van der Waals surface area contributed by atoms with E-state index in [-0.39, 0.29) is 12.4 Å². The lowest BCUT2D eigenvalue weighted by Gasteiger charge is -2.28. The average molecular weight is 399 g/mol. The predicted molar refractivity (Wildman–Crippen MR) is 96.8 cm³/mol. The number of carbonyl (C=O) groups is 2. The van der Waals surface area contributed by atoms with Crippen molar-refractivity contribution in [1.29, 1.82) is 0 Å². The minimum absolute atomic E-state index is 0.0231. The number of nitrogen functional groups attached to an aromatic ring is 1. The first-order valence-electron chi connectivity index (χ1n) is 9.01. The molecule has 0 spiro atoms. The molecule has 2 unspecified atom stereocenters. The molecule has 156 valence electrons. The zero-order chi connectivity index (χ0) is 21.2. The van der Waals surface area contributed by atoms with Crippen LogP contribution in [0.5, 0.6) is 0 Å². The van der Waals surface area contributed by atoms with Crippen LogP contribution in [-0.4, -0.2) is 46.0 Å². The Morgan fingerprint density at radius 1 is 1.32 bits per heavy atom. The highest BCUT2D eigenvalue weighted by Crippen LogP contribution is 2.42. The normalized spacial score (nSPS) is 27.2. The zero-order valence-electron chi connectivity index (χ0n) is 16.5. The van der Waals surface area contributed by atoms with E-state index < -0.39 is 53.6 Å². The van der Waals surface area contributed by atoms with Gasteiger partial charge in [0.25, 0.3) is 0 Å². The average Bonchev–Trinajstić information content (AvgIpc) is 2.83. The molecule has 2 N–H and O–H groups in total. The summed E-state index contributed by atoms with van der Waals surface area (Å²) in [5, 5.41) is 0. The molecule has 0 radical (unpaired) electrons. The maximum absolute atomic E-state index is 15.7. The number of rotatable bonds is 6. The Morgan fingerprint density at radius 3 is 2.46 bits per heavy atom. The standard InChI is InChI=1S/C18H26FN3O6/c1-9(2)14(23)26-8-11-13(28-15(24)10(3)4)18(5,19)16(27-11)22-7-6-12(20)21-17(22)25/h6-7,9-11,13,16H,8H2,1-5H3,(H2,20,21,25)/t11?,13-,16?,18-/m1/s1. The number of nitrogens with two attached hydrogens (primary N) is 1. The number of halogens is 1. The molecule has 0 aliphatic carbocycles. The van der Waals surface area contributed by atoms with Gasteiger partial charge in [0, 0.05) is 6.20 Å². The molecule has 0 amide bonds. The summed E-state index contributed by atoms with van der Waals surface area (Å²) in [5.41, 5.74) is 2.36. The van der Waals surface area contributed by atoms with Crippen molar-refractivity contribution in [2.45, 2.75) is 58.7 Å². The van der Waals surface area contributed by atoms with Crippen molar-refractivity contribution in [3.63, 3.8) is 0 Å². The van der Waals surface area contributed by atoms with Crippen molar-refractivity contribution in [3.05, 3.63) is 22.7 Å². The SMILES string of the molecule is CC(C)C(=O)OCC1OC(n2ccc(N)nc2=O)[C@](C)(F)[C@@H]1OC(=O)C(C)C. The summed E-state index contributed by atoms with van der Waals surface area (Å²) < 4.78 is 32.7. The van der Waals surface area contributed by atoms with E-state index in [4.69, 9.17) is 19.9 Å². The third kappa shape index (κ3) is 4.49. The first-order chi connectivity index (χ1) is 12.9. The van der Waals surface area contributed by atoms with Gasteiger partial charge in [-0.15, -0.1) is 0 Å². The van der Waals surface area contributed by atoms with Crippen LogP contribution in [0.3, 0.4) is 0 Å². The van der Waals surface area contributed by atoms with Crippen LogP contribution in [0.25, 0.3) is 0 Å². The van der Waals surface area contributed by atoms with Gasteiger partial charge in [0.05, 0.1) is 11.8 Å². The van der Waals surface area contributed by atoms with E-state index in [9.17, 15) is 14.4 Å². The van der Waals surface area contributed by atoms with Gasteiger partial charge in [-0.3, -0.25) is 14.2 Å². The summed E-state index contributed by atoms with van der Waals surface area (Å²) in [7, 11) is 0. The number of alkyl halides is 1. The van der Waals surface area contributed by atoms with Gasteiger partial charge < -0.3 is 19.9 Å². The number of nitrogens with zero attached hydrogens (tertiary/aromatic N) is 2. The summed E-state index contributed by atoms with van der Waals surface area (Å²) in [5.74, 6) is -2.07. The maximum atomic E-state index is 15.7. The van der Waals surface area contributed by atoms with Crippen molar-refractivity contribution < 1.29 is 28.2 Å². The third-order valence-electron chi connectivity index (χ3n) is 4.36. The van der Waals surface area contributed by atoms with Gasteiger partial charge in [0.1, 0.15) is 18.5 Å². The molecule has 4 atom stereocenters. The van der Waals surface area contributed by atoms with E-state index in [0.717, 1.165) is 11.5 Å². The molecule has 1 aromatic rings. The fraction of sp³-hybridized carbons (Fsp3) is 0.667. The van der Waals surface area contributed by atoms with Gasteiger partial charge in [-0.05, 0) is 13.0 Å². The lowest BCUT2D eigenvalue weighted by Crippen LogP contribution is -2.46. The Balaban J connectivity index is 2.34. The smallest absolute Gasteiger partial charge is 0.351 e. The number of anilines is 1. The molecule has 1 fully saturated rings. The van der Waals surface area contributed by atoms with Crippen LogP contribution in [-0.2, 0) is 23.8 Å². The molecule has 1 aliphatic heterocycles. The summed E-state index contributed by atoms with van der Waals surface area (Å²) >= 11 is 0. The van der Waals surface area contributed by atoms with E-state index in [0.29, 0.717) is 0 Å². The minimum Gasteiger partial charge on any atom is -0.463 e. The van der Waals surface area contributed by atoms with Gasteiger partial charge >= 0.3 is 17.6 Å². The summed E-state index contributed by atoms with van der Waals surface area (Å²) in [6.45, 7) is 7.33. The number of hydrogen-bond donors (Lipinski definition) is 1. The third-order valence-corrected chi connectivity index (χ3v) is 4.36. The first kappa shape index (κ1) is 21.8. The van der Waals surface area contributed by atoms with Crippen LogP contribution < -0.4 is 11.4 Å². The van der Waals surface area contributed by atoms with Gasteiger partial charge in [0.2, 0.25) is 0 Å². The van der Waals surface area contributed by atoms with Crippen LogP contribution in [0, 0.1) is 11.8 Å². The van der Waals surface area contributed by atoms with Gasteiger partial charge in [0.15, 0.2) is 18.0 Å². The number of aromatic nitrogens is 2. The number of esters is 2. The van der Waals surface area contributed by atoms with Crippen LogP contribution in [0.1, 0.15) is 40.8 Å². The van der Waals surface area contributed by atoms with Gasteiger partial charge in [-0.2, -0.15) is 4.98 Å². The highest BCUT2D eigenvalue weighted by Gasteiger charge is 2.58. The summed E-state index contributed by atoms with van der Waals surface area (Å²) in [6.07, 6.45) is -2.69. The molecule has 1 aromatic heterocycles. The van der Waals surface area contributed by atoms with E-state index in [1.165, 1.54) is 12.3 Å². The lowest BCUT2D eigenvalue weighted by molar-refractivity contribution is -0.165. The van der Waals surface area contributed by atoms with E-state index >= 15 is 4.39 Å². The topological polar surface area (TPSA) is 123 Å². The molecule has 10 heteroatoms. The first-order valence-corrected chi connectivity index (χ1v) is 9.01. The van der Waals surface area contributed by atoms with Crippen molar-refractivity contribution in [2.75, 3.05) is 12.3 Å². The predicted octanol–water partition coefficient (Wildman–Crippen LogP) is 1.22. The lowest BCUT2D eigenvalue weighted by atomic mass is 9.98. The van der Waals surface area contributed by atoms with Crippen LogP contribution in [0.2, 0.25) is 0 Å². The van der Waals surface area contributed by atoms with Crippen LogP contribution in [0.15, 0.2) is 17.1 Å². The van der Waals surface area contributed by atoms with Gasteiger partial charge in [-0.1, -0.05) is 27.7 Å². The fourth-order valence-electron chi connectivity index (χ4n) is 2.73. The highest BCUT2D eigenvalue weighted by molar-refractivity contribution is 5.72. The van der Waals surface area contributed by atoms with Crippen molar-refractivity contribution in [1.82, 2.24) is 9.55 Å². The molecule has 0 bridgehead atoms. The largest absolute Gasteiger partial charge is 0.463 e. The molecule has 2 heterocycles. The second-order valence-corrected chi connectivity index (χ2v) is 7.52. The van der Waals surface area contributed by atoms with Crippen molar-refractivity contribution in [2.24, 2.45) is 11.8 Å². The Morgan fingerprint density at radius 2 is 1.93 bits per heavy atom. The molecule has 0 saturated carbocycles. The number of carbonyl (C=O) groups excluding carboxylic acids is 2. The van der Waals surface area contributed by atoms with Gasteiger partial charge in [-0.25, -0.2) is 9.18 Å². The molecular formula is C18H26FN3O6. The Labute approximate surface area is 162 Å². The molecule has 1 saturated heterocycles. The van der Waals surface area contributed by atoms with E-state index in [2.05, 4.69) is 4.98 Å². The van der Waals surface area contributed by atoms with Crippen LogP contribution in [0.4, 0.5) is 10.2 Å². The second-order valence-electron chi connectivity index (χ2n) is 7.52. The molecule has 2 rings (SSSR count). The Kier molecular flexibility index (Phi) is 6.43. The second kappa shape index (κ2) is 8.26. The monoisotopic (exact) mass is 399 g/mol. The number of ether oxygens (including phenoxy) is 3. The maximum Gasteiger partial charge on any atom is 0.351 e. The van der Waals surface area contributed by atoms with E-state index in [1.54, 1.807) is 27.7 Å². The fourth-order valence-corrected chi connectivity index (χ4v) is 2.73. The minimum atomic E-state index is -2.29. The summed E-state index contributed by atoms with van der Waals surface area (Å²) in [4.78, 5) is 39.6. The van der Waals surface area contributed by atoms with Crippen molar-refractivity contribution >= 4 is 17.8 Å². The van der Waals surface area contributed by atoms with Crippen molar-refractivity contribution in [3.8, 4) is 0 Å². The molecule has 0 aromatic carbocycles. The van der Waals surface area contributed by atoms with Crippen LogP contribution >= 0.6 is 0 Å². The molecular weight excluding hydrogens is 373 g/mol. The molecule has 28 heavy (non-hydrogen) atoms. The Bertz CT molecular complexity index is 792. The van der Waals surface area contributed by atoms with E-state index in [1.807, 2.05) is 0 Å². The molecule has 1 aliphatic rings. The zero-order valence-corrected chi connectivity index (χ0v) is 16.5.